The van der Waals surface area contributed by atoms with Gasteiger partial charge in [-0.05, 0) is 35.9 Å². The zero-order chi connectivity index (χ0) is 16.8. The van der Waals surface area contributed by atoms with E-state index in [0.717, 1.165) is 11.3 Å². The summed E-state index contributed by atoms with van der Waals surface area (Å²) < 4.78 is 6.80. The van der Waals surface area contributed by atoms with Crippen LogP contribution >= 0.6 is 11.6 Å². The molecule has 0 radical (unpaired) electrons. The molecule has 0 bridgehead atoms. The number of ether oxygens (including phenoxy) is 1. The number of aromatic nitrogens is 2. The van der Waals surface area contributed by atoms with Crippen molar-refractivity contribution in [2.75, 3.05) is 0 Å². The van der Waals surface area contributed by atoms with Crippen LogP contribution in [0, 0.1) is 0 Å². The second-order valence-electron chi connectivity index (χ2n) is 4.96. The van der Waals surface area contributed by atoms with Crippen molar-refractivity contribution in [1.82, 2.24) is 9.78 Å². The molecule has 0 aliphatic heterocycles. The number of carbonyl (C=O) groups is 1. The fraction of sp³-hybridized carbons (Fsp3) is 0.0556. The molecular formula is C18H14ClN3O2. The summed E-state index contributed by atoms with van der Waals surface area (Å²) in [6.07, 6.45) is 2.58. The number of carbonyl (C=O) groups excluding carboxylic acids is 1. The van der Waals surface area contributed by atoms with E-state index in [9.17, 15) is 4.79 Å². The van der Waals surface area contributed by atoms with Crippen molar-refractivity contribution in [2.45, 2.75) is 6.61 Å². The molecule has 0 aliphatic rings. The Hall–Kier alpha value is -2.92. The summed E-state index contributed by atoms with van der Waals surface area (Å²) in [5.41, 5.74) is 1.77. The molecule has 2 aromatic carbocycles. The van der Waals surface area contributed by atoms with E-state index >= 15 is 0 Å². The van der Waals surface area contributed by atoms with Gasteiger partial charge in [-0.25, -0.2) is 9.48 Å². The molecule has 1 aromatic heterocycles. The normalized spacial score (nSPS) is 11.3. The Labute approximate surface area is 143 Å². The Bertz CT molecular complexity index is 870. The van der Waals surface area contributed by atoms with Gasteiger partial charge < -0.3 is 4.74 Å². The molecule has 24 heavy (non-hydrogen) atoms. The van der Waals surface area contributed by atoms with Gasteiger partial charge in [0.1, 0.15) is 6.61 Å². The van der Waals surface area contributed by atoms with Crippen molar-refractivity contribution < 1.29 is 9.53 Å². The summed E-state index contributed by atoms with van der Waals surface area (Å²) in [5.74, 6) is 0. The van der Waals surface area contributed by atoms with Gasteiger partial charge in [-0.2, -0.15) is 10.1 Å². The maximum Gasteiger partial charge on any atom is 0.434 e. The van der Waals surface area contributed by atoms with Gasteiger partial charge in [0.25, 0.3) is 0 Å². The zero-order valence-corrected chi connectivity index (χ0v) is 13.4. The highest BCUT2D eigenvalue weighted by atomic mass is 35.5. The Kier molecular flexibility index (Phi) is 5.03. The lowest BCUT2D eigenvalue weighted by Gasteiger charge is -2.03. The summed E-state index contributed by atoms with van der Waals surface area (Å²) in [7, 11) is 0. The van der Waals surface area contributed by atoms with Crippen LogP contribution in [0.4, 0.5) is 4.79 Å². The highest BCUT2D eigenvalue weighted by molar-refractivity contribution is 6.30. The fourth-order valence-corrected chi connectivity index (χ4v) is 2.14. The molecule has 3 aromatic rings. The van der Waals surface area contributed by atoms with Gasteiger partial charge in [-0.15, -0.1) is 0 Å². The van der Waals surface area contributed by atoms with Crippen molar-refractivity contribution >= 4 is 17.7 Å². The van der Waals surface area contributed by atoms with Gasteiger partial charge in [-0.3, -0.25) is 0 Å². The molecular weight excluding hydrogens is 326 g/mol. The molecule has 1 amide bonds. The van der Waals surface area contributed by atoms with E-state index in [-0.39, 0.29) is 6.61 Å². The highest BCUT2D eigenvalue weighted by Crippen LogP contribution is 2.10. The Morgan fingerprint density at radius 1 is 1.08 bits per heavy atom. The maximum absolute atomic E-state index is 11.8. The Morgan fingerprint density at radius 2 is 1.83 bits per heavy atom. The lowest BCUT2D eigenvalue weighted by molar-refractivity contribution is 0.150. The number of para-hydroxylation sites is 1. The molecule has 120 valence electrons. The summed E-state index contributed by atoms with van der Waals surface area (Å²) in [5, 5.41) is 5.30. The van der Waals surface area contributed by atoms with E-state index in [1.165, 1.54) is 6.20 Å². The van der Waals surface area contributed by atoms with Crippen molar-refractivity contribution in [3.8, 4) is 5.69 Å². The first-order valence-electron chi connectivity index (χ1n) is 7.27. The van der Waals surface area contributed by atoms with Crippen LogP contribution in [0.3, 0.4) is 0 Å². The quantitative estimate of drug-likeness (QED) is 0.730. The third-order valence-corrected chi connectivity index (χ3v) is 3.47. The zero-order valence-electron chi connectivity index (χ0n) is 12.7. The molecule has 0 atom stereocenters. The Balaban J connectivity index is 1.65. The van der Waals surface area contributed by atoms with Crippen LogP contribution in [-0.4, -0.2) is 15.9 Å². The van der Waals surface area contributed by atoms with E-state index in [4.69, 9.17) is 16.3 Å². The first-order chi connectivity index (χ1) is 11.7. The SMILES string of the molecule is O=C(/N=c1\ccn(-c2ccccc2)nc1)OCc1ccc(Cl)cc1. The van der Waals surface area contributed by atoms with Crippen molar-refractivity contribution in [3.63, 3.8) is 0 Å². The van der Waals surface area contributed by atoms with E-state index in [1.54, 1.807) is 41.2 Å². The van der Waals surface area contributed by atoms with Crippen LogP contribution in [0.5, 0.6) is 0 Å². The van der Waals surface area contributed by atoms with Gasteiger partial charge in [0.2, 0.25) is 0 Å². The minimum absolute atomic E-state index is 0.143. The molecule has 0 saturated carbocycles. The summed E-state index contributed by atoms with van der Waals surface area (Å²) >= 11 is 5.80. The Morgan fingerprint density at radius 3 is 2.50 bits per heavy atom. The number of rotatable bonds is 3. The topological polar surface area (TPSA) is 56.5 Å². The van der Waals surface area contributed by atoms with Crippen LogP contribution in [0.15, 0.2) is 78.0 Å². The van der Waals surface area contributed by atoms with Crippen LogP contribution in [-0.2, 0) is 11.3 Å². The minimum atomic E-state index is -0.663. The number of nitrogens with zero attached hydrogens (tertiary/aromatic N) is 3. The molecule has 6 heteroatoms. The molecule has 3 rings (SSSR count). The van der Waals surface area contributed by atoms with Gasteiger partial charge in [0.15, 0.2) is 0 Å². The number of hydrogen-bond acceptors (Lipinski definition) is 3. The first-order valence-corrected chi connectivity index (χ1v) is 7.65. The van der Waals surface area contributed by atoms with Gasteiger partial charge >= 0.3 is 6.09 Å². The lowest BCUT2D eigenvalue weighted by Crippen LogP contribution is -2.11. The molecule has 0 spiro atoms. The summed E-state index contributed by atoms with van der Waals surface area (Å²) in [6.45, 7) is 0.143. The standard InChI is InChI=1S/C18H14ClN3O2/c19-15-8-6-14(7-9-15)13-24-18(23)21-16-10-11-22(20-12-16)17-4-2-1-3-5-17/h1-12H,13H2/b21-16+. The molecule has 0 saturated heterocycles. The number of hydrogen-bond donors (Lipinski definition) is 0. The molecule has 0 N–H and O–H groups in total. The number of amides is 1. The van der Waals surface area contributed by atoms with Gasteiger partial charge in [0.05, 0.1) is 17.2 Å². The number of benzene rings is 2. The van der Waals surface area contributed by atoms with E-state index in [2.05, 4.69) is 10.1 Å². The van der Waals surface area contributed by atoms with Crippen LogP contribution in [0.25, 0.3) is 5.69 Å². The van der Waals surface area contributed by atoms with E-state index in [0.29, 0.717) is 10.4 Å². The smallest absolute Gasteiger partial charge is 0.434 e. The largest absolute Gasteiger partial charge is 0.443 e. The predicted molar refractivity (Wildman–Crippen MR) is 90.8 cm³/mol. The second-order valence-corrected chi connectivity index (χ2v) is 5.39. The summed E-state index contributed by atoms with van der Waals surface area (Å²) in [6, 6.07) is 18.4. The van der Waals surface area contributed by atoms with Crippen molar-refractivity contribution in [2.24, 2.45) is 4.99 Å². The van der Waals surface area contributed by atoms with Gasteiger partial charge in [0, 0.05) is 11.2 Å². The fourth-order valence-electron chi connectivity index (χ4n) is 2.01. The second kappa shape index (κ2) is 7.57. The van der Waals surface area contributed by atoms with Crippen LogP contribution < -0.4 is 5.36 Å². The maximum atomic E-state index is 11.8. The van der Waals surface area contributed by atoms with Crippen molar-refractivity contribution in [3.05, 3.63) is 89.0 Å². The third-order valence-electron chi connectivity index (χ3n) is 3.22. The molecule has 0 aliphatic carbocycles. The lowest BCUT2D eigenvalue weighted by atomic mass is 10.2. The van der Waals surface area contributed by atoms with Crippen LogP contribution in [0.1, 0.15) is 5.56 Å². The highest BCUT2D eigenvalue weighted by Gasteiger charge is 2.01. The average molecular weight is 340 g/mol. The molecule has 1 heterocycles. The van der Waals surface area contributed by atoms with Crippen molar-refractivity contribution in [1.29, 1.82) is 0 Å². The molecule has 5 nitrogen and oxygen atoms in total. The summed E-state index contributed by atoms with van der Waals surface area (Å²) in [4.78, 5) is 15.6. The monoisotopic (exact) mass is 339 g/mol. The molecule has 0 fully saturated rings. The first kappa shape index (κ1) is 16.0. The van der Waals surface area contributed by atoms with E-state index < -0.39 is 6.09 Å². The molecule has 0 unspecified atom stereocenters. The minimum Gasteiger partial charge on any atom is -0.443 e. The average Bonchev–Trinajstić information content (AvgIpc) is 2.63. The third kappa shape index (κ3) is 4.30. The number of halogens is 1. The van der Waals surface area contributed by atoms with E-state index in [1.807, 2.05) is 30.3 Å². The van der Waals surface area contributed by atoms with Crippen LogP contribution in [0.2, 0.25) is 5.02 Å². The van der Waals surface area contributed by atoms with Gasteiger partial charge in [-0.1, -0.05) is 41.9 Å². The predicted octanol–water partition coefficient (Wildman–Crippen LogP) is 3.76.